The Morgan fingerprint density at radius 2 is 2.64 bits per heavy atom. The van der Waals surface area contributed by atoms with Gasteiger partial charge in [-0.1, -0.05) is 6.07 Å². The van der Waals surface area contributed by atoms with Gasteiger partial charge in [-0.05, 0) is 11.4 Å². The Balaban J connectivity index is 1.95. The highest BCUT2D eigenvalue weighted by Gasteiger charge is 2.05. The molecule has 0 aliphatic carbocycles. The number of thiophene rings is 1. The molecule has 0 saturated carbocycles. The molecule has 0 bridgehead atoms. The zero-order valence-corrected chi connectivity index (χ0v) is 7.05. The lowest BCUT2D eigenvalue weighted by Gasteiger charge is -2.10. The SMILES string of the molecule is C1=NCCN1Cc1cccs1. The zero-order chi connectivity index (χ0) is 7.52. The van der Waals surface area contributed by atoms with E-state index < -0.39 is 0 Å². The first kappa shape index (κ1) is 6.85. The average Bonchev–Trinajstić information content (AvgIpc) is 2.60. The number of aliphatic imine (C=N–C) groups is 1. The molecule has 0 amide bonds. The smallest absolute Gasteiger partial charge is 0.0854 e. The third-order valence-electron chi connectivity index (χ3n) is 1.70. The highest BCUT2D eigenvalue weighted by Crippen LogP contribution is 2.11. The van der Waals surface area contributed by atoms with Gasteiger partial charge in [-0.15, -0.1) is 11.3 Å². The minimum absolute atomic E-state index is 0.964. The Morgan fingerprint density at radius 1 is 1.64 bits per heavy atom. The highest BCUT2D eigenvalue weighted by atomic mass is 32.1. The molecule has 0 saturated heterocycles. The predicted octanol–water partition coefficient (Wildman–Crippen LogP) is 1.59. The molecule has 1 aromatic rings. The fraction of sp³-hybridized carbons (Fsp3) is 0.375. The maximum Gasteiger partial charge on any atom is 0.0854 e. The lowest BCUT2D eigenvalue weighted by atomic mass is 10.4. The number of rotatable bonds is 2. The standard InChI is InChI=1S/C8H10N2S/c1-2-8(11-5-1)6-10-4-3-9-7-10/h1-2,5,7H,3-4,6H2. The van der Waals surface area contributed by atoms with Crippen molar-refractivity contribution in [2.24, 2.45) is 4.99 Å². The molecule has 1 aromatic heterocycles. The van der Waals surface area contributed by atoms with Crippen molar-refractivity contribution in [3.05, 3.63) is 22.4 Å². The van der Waals surface area contributed by atoms with Crippen molar-refractivity contribution in [3.63, 3.8) is 0 Å². The van der Waals surface area contributed by atoms with Crippen molar-refractivity contribution < 1.29 is 0 Å². The summed E-state index contributed by atoms with van der Waals surface area (Å²) in [5.41, 5.74) is 0. The summed E-state index contributed by atoms with van der Waals surface area (Å²) >= 11 is 1.81. The molecular formula is C8H10N2S. The molecule has 0 spiro atoms. The Morgan fingerprint density at radius 3 is 3.27 bits per heavy atom. The van der Waals surface area contributed by atoms with Gasteiger partial charge < -0.3 is 4.90 Å². The van der Waals surface area contributed by atoms with E-state index in [2.05, 4.69) is 27.4 Å². The third-order valence-corrected chi connectivity index (χ3v) is 2.56. The quantitative estimate of drug-likeness (QED) is 0.651. The molecule has 1 aliphatic heterocycles. The molecule has 0 atom stereocenters. The molecule has 2 rings (SSSR count). The topological polar surface area (TPSA) is 15.6 Å². The van der Waals surface area contributed by atoms with E-state index in [4.69, 9.17) is 0 Å². The largest absolute Gasteiger partial charge is 0.356 e. The van der Waals surface area contributed by atoms with E-state index in [9.17, 15) is 0 Å². The van der Waals surface area contributed by atoms with Crippen molar-refractivity contribution in [2.75, 3.05) is 13.1 Å². The number of hydrogen-bond acceptors (Lipinski definition) is 3. The first-order chi connectivity index (χ1) is 5.45. The Bertz CT molecular complexity index is 241. The summed E-state index contributed by atoms with van der Waals surface area (Å²) < 4.78 is 0. The summed E-state index contributed by atoms with van der Waals surface area (Å²) in [7, 11) is 0. The van der Waals surface area contributed by atoms with E-state index in [-0.39, 0.29) is 0 Å². The molecule has 0 radical (unpaired) electrons. The molecule has 3 heteroatoms. The van der Waals surface area contributed by atoms with Gasteiger partial charge in [0.05, 0.1) is 19.4 Å². The molecular weight excluding hydrogens is 156 g/mol. The second-order valence-electron chi connectivity index (χ2n) is 2.57. The fourth-order valence-corrected chi connectivity index (χ4v) is 1.87. The van der Waals surface area contributed by atoms with Crippen LogP contribution in [0.3, 0.4) is 0 Å². The van der Waals surface area contributed by atoms with Crippen LogP contribution in [0.25, 0.3) is 0 Å². The van der Waals surface area contributed by atoms with Crippen LogP contribution < -0.4 is 0 Å². The minimum Gasteiger partial charge on any atom is -0.356 e. The zero-order valence-electron chi connectivity index (χ0n) is 6.23. The van der Waals surface area contributed by atoms with Gasteiger partial charge in [-0.3, -0.25) is 4.99 Å². The van der Waals surface area contributed by atoms with Crippen LogP contribution >= 0.6 is 11.3 Å². The van der Waals surface area contributed by atoms with Crippen molar-refractivity contribution >= 4 is 17.7 Å². The van der Waals surface area contributed by atoms with Gasteiger partial charge in [0.15, 0.2) is 0 Å². The molecule has 58 valence electrons. The van der Waals surface area contributed by atoms with Crippen molar-refractivity contribution in [1.82, 2.24) is 4.90 Å². The predicted molar refractivity (Wildman–Crippen MR) is 48.1 cm³/mol. The summed E-state index contributed by atoms with van der Waals surface area (Å²) in [6, 6.07) is 4.25. The van der Waals surface area contributed by atoms with E-state index in [1.165, 1.54) is 4.88 Å². The van der Waals surface area contributed by atoms with E-state index in [0.717, 1.165) is 19.6 Å². The fourth-order valence-electron chi connectivity index (χ4n) is 1.14. The summed E-state index contributed by atoms with van der Waals surface area (Å²) in [5, 5.41) is 2.11. The highest BCUT2D eigenvalue weighted by molar-refractivity contribution is 7.09. The van der Waals surface area contributed by atoms with Crippen LogP contribution in [0.4, 0.5) is 0 Å². The molecule has 2 heterocycles. The summed E-state index contributed by atoms with van der Waals surface area (Å²) in [6.07, 6.45) is 1.94. The average molecular weight is 166 g/mol. The van der Waals surface area contributed by atoms with Gasteiger partial charge in [0.2, 0.25) is 0 Å². The molecule has 0 unspecified atom stereocenters. The number of nitrogens with zero attached hydrogens (tertiary/aromatic N) is 2. The Hall–Kier alpha value is -0.830. The van der Waals surface area contributed by atoms with Crippen molar-refractivity contribution in [3.8, 4) is 0 Å². The third kappa shape index (κ3) is 1.60. The first-order valence-electron chi connectivity index (χ1n) is 3.71. The van der Waals surface area contributed by atoms with Crippen LogP contribution in [0, 0.1) is 0 Å². The lowest BCUT2D eigenvalue weighted by molar-refractivity contribution is 0.467. The van der Waals surface area contributed by atoms with Gasteiger partial charge in [0, 0.05) is 11.4 Å². The van der Waals surface area contributed by atoms with E-state index in [1.807, 2.05) is 6.34 Å². The second-order valence-corrected chi connectivity index (χ2v) is 3.60. The van der Waals surface area contributed by atoms with Gasteiger partial charge in [0.25, 0.3) is 0 Å². The van der Waals surface area contributed by atoms with Crippen LogP contribution in [0.1, 0.15) is 4.88 Å². The Kier molecular flexibility index (Phi) is 1.90. The first-order valence-corrected chi connectivity index (χ1v) is 4.59. The Labute approximate surface area is 70.2 Å². The van der Waals surface area contributed by atoms with Gasteiger partial charge >= 0.3 is 0 Å². The molecule has 1 aliphatic rings. The second kappa shape index (κ2) is 3.05. The summed E-state index contributed by atoms with van der Waals surface area (Å²) in [6.45, 7) is 3.07. The van der Waals surface area contributed by atoms with Gasteiger partial charge in [0.1, 0.15) is 0 Å². The maximum atomic E-state index is 4.15. The minimum atomic E-state index is 0.964. The van der Waals surface area contributed by atoms with E-state index in [1.54, 1.807) is 11.3 Å². The molecule has 0 aromatic carbocycles. The maximum absolute atomic E-state index is 4.15. The van der Waals surface area contributed by atoms with Crippen LogP contribution in [0.15, 0.2) is 22.5 Å². The van der Waals surface area contributed by atoms with Crippen molar-refractivity contribution in [2.45, 2.75) is 6.54 Å². The molecule has 0 N–H and O–H groups in total. The monoisotopic (exact) mass is 166 g/mol. The van der Waals surface area contributed by atoms with E-state index in [0.29, 0.717) is 0 Å². The molecule has 11 heavy (non-hydrogen) atoms. The van der Waals surface area contributed by atoms with Crippen LogP contribution in [0.5, 0.6) is 0 Å². The molecule has 2 nitrogen and oxygen atoms in total. The van der Waals surface area contributed by atoms with Gasteiger partial charge in [-0.25, -0.2) is 0 Å². The summed E-state index contributed by atoms with van der Waals surface area (Å²) in [5.74, 6) is 0. The van der Waals surface area contributed by atoms with Crippen molar-refractivity contribution in [1.29, 1.82) is 0 Å². The van der Waals surface area contributed by atoms with Crippen LogP contribution in [-0.2, 0) is 6.54 Å². The lowest BCUT2D eigenvalue weighted by Crippen LogP contribution is -2.17. The van der Waals surface area contributed by atoms with E-state index >= 15 is 0 Å². The van der Waals surface area contributed by atoms with Gasteiger partial charge in [-0.2, -0.15) is 0 Å². The number of hydrogen-bond donors (Lipinski definition) is 0. The normalized spacial score (nSPS) is 16.2. The van der Waals surface area contributed by atoms with Crippen LogP contribution in [-0.4, -0.2) is 24.3 Å². The van der Waals surface area contributed by atoms with Crippen LogP contribution in [0.2, 0.25) is 0 Å². The summed E-state index contributed by atoms with van der Waals surface area (Å²) in [4.78, 5) is 7.81. The molecule has 0 fully saturated rings.